The normalized spacial score (nSPS) is 55.4. The van der Waals surface area contributed by atoms with Crippen LogP contribution in [0.3, 0.4) is 0 Å². The minimum Gasteiger partial charge on any atom is -0.457 e. The standard InChI is InChI=1S/C37H60O10/c1-18-15-21(30(33(5,6)43)45-19(2)38)46-28-25(18)34(7)13-14-37-17-36(37)12-11-24(47-31-27(41)26(40)20(39)16-44-31)32(3,4)22(36)9-10-23(37)35(34,8)29(28)42/h18,20-31,39-43H,9-17H2,1-8H3/t18-,20-,21-,22+,23+,24?,25+,26+,27-,28+,29+,30+,31+,34-,35-,36-,37?/m1/s1. The Morgan fingerprint density at radius 1 is 0.936 bits per heavy atom. The lowest BCUT2D eigenvalue weighted by molar-refractivity contribution is -0.303. The molecule has 0 amide bonds. The van der Waals surface area contributed by atoms with Crippen LogP contribution in [0, 0.1) is 50.7 Å². The molecule has 2 spiro atoms. The zero-order valence-corrected chi connectivity index (χ0v) is 29.6. The van der Waals surface area contributed by atoms with Crippen LogP contribution in [0.4, 0.5) is 0 Å². The minimum atomic E-state index is -1.30. The number of fused-ring (bicyclic) bond motifs is 4. The molecule has 5 saturated carbocycles. The second kappa shape index (κ2) is 10.8. The number of hydrogen-bond acceptors (Lipinski definition) is 10. The quantitative estimate of drug-likeness (QED) is 0.218. The van der Waals surface area contributed by atoms with Gasteiger partial charge in [-0.25, -0.2) is 0 Å². The van der Waals surface area contributed by atoms with Crippen LogP contribution in [0.25, 0.3) is 0 Å². The molecule has 268 valence electrons. The number of carbonyl (C=O) groups is 1. The Bertz CT molecular complexity index is 1250. The lowest BCUT2D eigenvalue weighted by Crippen LogP contribution is -2.61. The van der Waals surface area contributed by atoms with E-state index in [-0.39, 0.29) is 51.6 Å². The number of rotatable bonds is 5. The molecule has 10 nitrogen and oxygen atoms in total. The van der Waals surface area contributed by atoms with E-state index in [1.165, 1.54) is 13.3 Å². The zero-order valence-electron chi connectivity index (χ0n) is 29.6. The van der Waals surface area contributed by atoms with Crippen molar-refractivity contribution < 1.29 is 49.3 Å². The van der Waals surface area contributed by atoms with E-state index < -0.39 is 60.6 Å². The average Bonchev–Trinajstić information content (AvgIpc) is 3.61. The van der Waals surface area contributed by atoms with E-state index in [9.17, 15) is 30.3 Å². The molecule has 0 bridgehead atoms. The molecular weight excluding hydrogens is 604 g/mol. The van der Waals surface area contributed by atoms with Gasteiger partial charge in [0.2, 0.25) is 0 Å². The Morgan fingerprint density at radius 2 is 1.60 bits per heavy atom. The van der Waals surface area contributed by atoms with Gasteiger partial charge in [-0.1, -0.05) is 34.6 Å². The van der Waals surface area contributed by atoms with Gasteiger partial charge in [0.15, 0.2) is 12.4 Å². The molecule has 2 saturated heterocycles. The summed E-state index contributed by atoms with van der Waals surface area (Å²) in [7, 11) is 0. The fourth-order valence-corrected chi connectivity index (χ4v) is 13.7. The molecule has 7 aliphatic rings. The summed E-state index contributed by atoms with van der Waals surface area (Å²) in [6.07, 6.45) is 0.712. The van der Waals surface area contributed by atoms with Crippen LogP contribution in [-0.4, -0.2) is 98.8 Å². The van der Waals surface area contributed by atoms with Crippen LogP contribution in [0.15, 0.2) is 0 Å². The number of aliphatic hydroxyl groups is 5. The summed E-state index contributed by atoms with van der Waals surface area (Å²) in [5, 5.41) is 54.3. The Labute approximate surface area is 279 Å². The highest BCUT2D eigenvalue weighted by molar-refractivity contribution is 5.66. The molecule has 17 atom stereocenters. The minimum absolute atomic E-state index is 0.0683. The fraction of sp³-hybridized carbons (Fsp3) is 0.973. The fourth-order valence-electron chi connectivity index (χ4n) is 13.7. The molecule has 7 rings (SSSR count). The second-order valence-electron chi connectivity index (χ2n) is 18.6. The summed E-state index contributed by atoms with van der Waals surface area (Å²) in [6, 6.07) is 0. The largest absolute Gasteiger partial charge is 0.457 e. The third-order valence-corrected chi connectivity index (χ3v) is 15.8. The molecule has 2 heterocycles. The van der Waals surface area contributed by atoms with E-state index in [2.05, 4.69) is 34.6 Å². The number of ether oxygens (including phenoxy) is 4. The van der Waals surface area contributed by atoms with Gasteiger partial charge in [0.05, 0.1) is 36.6 Å². The van der Waals surface area contributed by atoms with E-state index in [1.54, 1.807) is 13.8 Å². The maximum Gasteiger partial charge on any atom is 0.303 e. The number of hydrogen-bond donors (Lipinski definition) is 5. The number of aliphatic hydroxyl groups excluding tert-OH is 4. The summed E-state index contributed by atoms with van der Waals surface area (Å²) in [5.74, 6) is 0.717. The monoisotopic (exact) mass is 664 g/mol. The van der Waals surface area contributed by atoms with Crippen molar-refractivity contribution >= 4 is 5.97 Å². The summed E-state index contributed by atoms with van der Waals surface area (Å²) >= 11 is 0. The van der Waals surface area contributed by atoms with Gasteiger partial charge < -0.3 is 44.5 Å². The molecule has 47 heavy (non-hydrogen) atoms. The van der Waals surface area contributed by atoms with Crippen molar-refractivity contribution in [1.29, 1.82) is 0 Å². The highest BCUT2D eigenvalue weighted by atomic mass is 16.7. The van der Waals surface area contributed by atoms with Crippen molar-refractivity contribution in [1.82, 2.24) is 0 Å². The van der Waals surface area contributed by atoms with Gasteiger partial charge in [-0.2, -0.15) is 0 Å². The van der Waals surface area contributed by atoms with E-state index >= 15 is 0 Å². The summed E-state index contributed by atoms with van der Waals surface area (Å²) in [4.78, 5) is 12.1. The van der Waals surface area contributed by atoms with E-state index in [0.29, 0.717) is 18.3 Å². The van der Waals surface area contributed by atoms with E-state index in [0.717, 1.165) is 38.5 Å². The zero-order chi connectivity index (χ0) is 34.3. The van der Waals surface area contributed by atoms with Crippen molar-refractivity contribution in [2.75, 3.05) is 6.61 Å². The Hall–Kier alpha value is -0.850. The van der Waals surface area contributed by atoms with Gasteiger partial charge in [-0.3, -0.25) is 4.79 Å². The first kappa shape index (κ1) is 34.6. The predicted octanol–water partition coefficient (Wildman–Crippen LogP) is 3.33. The first-order chi connectivity index (χ1) is 21.8. The maximum atomic E-state index is 12.5. The summed E-state index contributed by atoms with van der Waals surface area (Å²) in [5.41, 5.74) is -1.61. The van der Waals surface area contributed by atoms with Crippen molar-refractivity contribution in [2.45, 2.75) is 167 Å². The Kier molecular flexibility index (Phi) is 7.97. The van der Waals surface area contributed by atoms with Gasteiger partial charge in [0.1, 0.15) is 18.3 Å². The lowest BCUT2D eigenvalue weighted by atomic mass is 9.41. The van der Waals surface area contributed by atoms with Crippen molar-refractivity contribution in [3.05, 3.63) is 0 Å². The van der Waals surface area contributed by atoms with Gasteiger partial charge in [-0.05, 0) is 111 Å². The topological polar surface area (TPSA) is 155 Å². The molecule has 0 aromatic carbocycles. The van der Waals surface area contributed by atoms with Gasteiger partial charge in [0.25, 0.3) is 0 Å². The summed E-state index contributed by atoms with van der Waals surface area (Å²) in [6.45, 7) is 16.2. The first-order valence-corrected chi connectivity index (χ1v) is 18.3. The molecule has 5 aliphatic carbocycles. The van der Waals surface area contributed by atoms with Crippen molar-refractivity contribution in [3.8, 4) is 0 Å². The van der Waals surface area contributed by atoms with Crippen LogP contribution in [0.2, 0.25) is 0 Å². The number of esters is 1. The maximum absolute atomic E-state index is 12.5. The molecule has 2 unspecified atom stereocenters. The molecule has 5 N–H and O–H groups in total. The van der Waals surface area contributed by atoms with Crippen LogP contribution in [0.1, 0.15) is 107 Å². The second-order valence-corrected chi connectivity index (χ2v) is 18.6. The molecule has 2 aliphatic heterocycles. The molecule has 0 aromatic heterocycles. The average molecular weight is 665 g/mol. The number of carbonyl (C=O) groups excluding carboxylic acids is 1. The van der Waals surface area contributed by atoms with Gasteiger partial charge >= 0.3 is 5.97 Å². The third kappa shape index (κ3) is 4.54. The smallest absolute Gasteiger partial charge is 0.303 e. The van der Waals surface area contributed by atoms with Gasteiger partial charge in [-0.15, -0.1) is 0 Å². The highest BCUT2D eigenvalue weighted by Gasteiger charge is 2.84. The third-order valence-electron chi connectivity index (χ3n) is 15.8. The molecule has 0 radical (unpaired) electrons. The Balaban J connectivity index is 1.14. The van der Waals surface area contributed by atoms with Crippen LogP contribution >= 0.6 is 0 Å². The van der Waals surface area contributed by atoms with Crippen LogP contribution in [0.5, 0.6) is 0 Å². The van der Waals surface area contributed by atoms with Crippen LogP contribution < -0.4 is 0 Å². The highest BCUT2D eigenvalue weighted by Crippen LogP contribution is 2.89. The van der Waals surface area contributed by atoms with Crippen LogP contribution in [-0.2, 0) is 23.7 Å². The van der Waals surface area contributed by atoms with E-state index in [4.69, 9.17) is 18.9 Å². The Morgan fingerprint density at radius 3 is 2.26 bits per heavy atom. The summed E-state index contributed by atoms with van der Waals surface area (Å²) < 4.78 is 24.6. The molecular formula is C37H60O10. The lowest BCUT2D eigenvalue weighted by Gasteiger charge is -2.64. The SMILES string of the molecule is CC(=O)O[C@@H]([C@H]1C[C@@H](C)[C@H]2[C@H](O1)[C@H](O)[C@@]1(C)[C@@H]3CC[C@H]4C(C)(C)C(O[C@@H]5OC[C@@H](O)[C@H](O)[C@H]5O)CC[C@@]45CC35CC[C@]21C)C(C)(C)O. The van der Waals surface area contributed by atoms with E-state index in [1.807, 2.05) is 0 Å². The van der Waals surface area contributed by atoms with Crippen molar-refractivity contribution in [3.63, 3.8) is 0 Å². The molecule has 0 aromatic rings. The first-order valence-electron chi connectivity index (χ1n) is 18.3. The predicted molar refractivity (Wildman–Crippen MR) is 171 cm³/mol. The van der Waals surface area contributed by atoms with Gasteiger partial charge in [0, 0.05) is 12.3 Å². The molecule has 7 fully saturated rings. The van der Waals surface area contributed by atoms with Crippen molar-refractivity contribution in [2.24, 2.45) is 50.7 Å². The molecule has 10 heteroatoms.